The van der Waals surface area contributed by atoms with Gasteiger partial charge in [-0.2, -0.15) is 0 Å². The van der Waals surface area contributed by atoms with Crippen molar-refractivity contribution in [2.24, 2.45) is 0 Å². The van der Waals surface area contributed by atoms with Gasteiger partial charge in [0.2, 0.25) is 0 Å². The van der Waals surface area contributed by atoms with E-state index in [1.54, 1.807) is 23.9 Å². The number of carboxylic acid groups (broad SMARTS) is 1. The molecule has 5 heteroatoms. The summed E-state index contributed by atoms with van der Waals surface area (Å²) < 4.78 is 0.0231. The molecule has 2 rings (SSSR count). The number of thioether (sulfide) groups is 1. The number of benzene rings is 1. The van der Waals surface area contributed by atoms with E-state index in [9.17, 15) is 9.90 Å². The Kier molecular flexibility index (Phi) is 3.91. The van der Waals surface area contributed by atoms with Crippen molar-refractivity contribution in [3.8, 4) is 5.75 Å². The van der Waals surface area contributed by atoms with E-state index in [4.69, 9.17) is 5.11 Å². The van der Waals surface area contributed by atoms with Gasteiger partial charge in [0, 0.05) is 17.5 Å². The third kappa shape index (κ3) is 3.03. The first-order chi connectivity index (χ1) is 9.19. The van der Waals surface area contributed by atoms with Gasteiger partial charge in [-0.3, -0.25) is 4.79 Å². The molecule has 0 amide bonds. The summed E-state index contributed by atoms with van der Waals surface area (Å²) in [5, 5.41) is 18.9. The predicted octanol–water partition coefficient (Wildman–Crippen LogP) is 3.26. The van der Waals surface area contributed by atoms with Gasteiger partial charge < -0.3 is 15.1 Å². The summed E-state index contributed by atoms with van der Waals surface area (Å²) in [6, 6.07) is 5.19. The molecule has 0 aliphatic carbocycles. The first-order valence-corrected chi connectivity index (χ1v) is 7.52. The van der Waals surface area contributed by atoms with Gasteiger partial charge in [0.25, 0.3) is 0 Å². The Morgan fingerprint density at radius 3 is 2.60 bits per heavy atom. The summed E-state index contributed by atoms with van der Waals surface area (Å²) in [7, 11) is 1.92. The van der Waals surface area contributed by atoms with Crippen molar-refractivity contribution < 1.29 is 15.0 Å². The van der Waals surface area contributed by atoms with E-state index in [-0.39, 0.29) is 28.2 Å². The second-order valence-electron chi connectivity index (χ2n) is 6.17. The Balaban J connectivity index is 2.41. The number of anilines is 1. The highest BCUT2D eigenvalue weighted by Gasteiger charge is 2.40. The topological polar surface area (TPSA) is 60.8 Å². The summed E-state index contributed by atoms with van der Waals surface area (Å²) in [5.74, 6) is -0.564. The van der Waals surface area contributed by atoms with Crippen LogP contribution in [0.5, 0.6) is 5.75 Å². The smallest absolute Gasteiger partial charge is 0.305 e. The lowest BCUT2D eigenvalue weighted by Crippen LogP contribution is -2.33. The fourth-order valence-electron chi connectivity index (χ4n) is 2.63. The summed E-state index contributed by atoms with van der Waals surface area (Å²) in [6.45, 7) is 6.36. The Bertz CT molecular complexity index is 524. The molecular formula is C15H21NO3S. The van der Waals surface area contributed by atoms with Crippen LogP contribution in [0.15, 0.2) is 18.2 Å². The van der Waals surface area contributed by atoms with E-state index in [1.807, 2.05) is 18.0 Å². The molecule has 20 heavy (non-hydrogen) atoms. The average Bonchev–Trinajstić information content (AvgIpc) is 2.52. The highest BCUT2D eigenvalue weighted by molar-refractivity contribution is 8.00. The lowest BCUT2D eigenvalue weighted by Gasteiger charge is -2.29. The molecule has 110 valence electrons. The highest BCUT2D eigenvalue weighted by Crippen LogP contribution is 2.51. The number of rotatable bonds is 3. The maximum Gasteiger partial charge on any atom is 0.305 e. The van der Waals surface area contributed by atoms with Crippen LogP contribution in [0.2, 0.25) is 0 Å². The van der Waals surface area contributed by atoms with E-state index in [1.165, 1.54) is 0 Å². The first-order valence-electron chi connectivity index (χ1n) is 6.64. The van der Waals surface area contributed by atoms with Crippen LogP contribution in [0.1, 0.15) is 38.0 Å². The summed E-state index contributed by atoms with van der Waals surface area (Å²) >= 11 is 1.75. The molecule has 0 spiro atoms. The number of phenolic OH excluding ortho intramolecular Hbond substituents is 1. The Hall–Kier alpha value is -1.36. The molecule has 1 heterocycles. The van der Waals surface area contributed by atoms with Crippen LogP contribution in [-0.2, 0) is 4.79 Å². The lowest BCUT2D eigenvalue weighted by atomic mass is 10.1. The number of aliphatic carboxylic acids is 1. The maximum absolute atomic E-state index is 11.1. The van der Waals surface area contributed by atoms with Crippen molar-refractivity contribution in [2.45, 2.75) is 43.2 Å². The van der Waals surface area contributed by atoms with Gasteiger partial charge in [0.1, 0.15) is 5.75 Å². The molecular weight excluding hydrogens is 274 g/mol. The summed E-state index contributed by atoms with van der Waals surface area (Å²) in [6.07, 6.45) is 0.0969. The van der Waals surface area contributed by atoms with Crippen LogP contribution < -0.4 is 4.90 Å². The van der Waals surface area contributed by atoms with E-state index < -0.39 is 5.97 Å². The van der Waals surface area contributed by atoms with Crippen LogP contribution in [-0.4, -0.2) is 34.0 Å². The molecule has 0 aromatic heterocycles. The van der Waals surface area contributed by atoms with Crippen molar-refractivity contribution >= 4 is 23.4 Å². The second kappa shape index (κ2) is 5.20. The van der Waals surface area contributed by atoms with E-state index >= 15 is 0 Å². The van der Waals surface area contributed by atoms with Crippen molar-refractivity contribution in [3.05, 3.63) is 23.8 Å². The molecule has 2 unspecified atom stereocenters. The zero-order chi connectivity index (χ0) is 15.1. The summed E-state index contributed by atoms with van der Waals surface area (Å²) in [4.78, 5) is 13.2. The molecule has 0 saturated heterocycles. The largest absolute Gasteiger partial charge is 0.508 e. The third-order valence-electron chi connectivity index (χ3n) is 3.41. The molecule has 0 radical (unpaired) electrons. The number of fused-ring (bicyclic) bond motifs is 1. The molecule has 0 bridgehead atoms. The lowest BCUT2D eigenvalue weighted by molar-refractivity contribution is -0.137. The number of aromatic hydroxyl groups is 1. The quantitative estimate of drug-likeness (QED) is 0.896. The molecule has 2 N–H and O–H groups in total. The molecule has 1 aliphatic heterocycles. The minimum Gasteiger partial charge on any atom is -0.508 e. The van der Waals surface area contributed by atoms with Gasteiger partial charge in [-0.25, -0.2) is 0 Å². The van der Waals surface area contributed by atoms with Gasteiger partial charge in [0.05, 0.1) is 17.7 Å². The molecule has 0 fully saturated rings. The second-order valence-corrected chi connectivity index (χ2v) is 8.14. The van der Waals surface area contributed by atoms with Gasteiger partial charge in [0.15, 0.2) is 0 Å². The van der Waals surface area contributed by atoms with Crippen LogP contribution in [0.3, 0.4) is 0 Å². The standard InChI is InChI=1S/C15H21NO3S/c1-15(2,3)20-14-10-7-9(17)5-6-11(10)16(4)12(14)8-13(18)19/h5-7,12,14,17H,8H2,1-4H3,(H,18,19). The molecule has 1 aromatic carbocycles. The molecule has 1 aromatic rings. The third-order valence-corrected chi connectivity index (χ3v) is 4.94. The SMILES string of the molecule is CN1c2ccc(O)cc2C(SC(C)(C)C)C1CC(=O)O. The van der Waals surface area contributed by atoms with E-state index in [2.05, 4.69) is 20.8 Å². The molecule has 2 atom stereocenters. The van der Waals surface area contributed by atoms with Gasteiger partial charge in [-0.15, -0.1) is 11.8 Å². The Morgan fingerprint density at radius 1 is 1.40 bits per heavy atom. The van der Waals surface area contributed by atoms with E-state index in [0.717, 1.165) is 11.3 Å². The van der Waals surface area contributed by atoms with Gasteiger partial charge in [-0.05, 0) is 23.8 Å². The summed E-state index contributed by atoms with van der Waals surface area (Å²) in [5.41, 5.74) is 2.04. The molecule has 4 nitrogen and oxygen atoms in total. The normalized spacial score (nSPS) is 21.9. The van der Waals surface area contributed by atoms with Crippen LogP contribution in [0, 0.1) is 0 Å². The Labute approximate surface area is 123 Å². The number of nitrogens with zero attached hydrogens (tertiary/aromatic N) is 1. The predicted molar refractivity (Wildman–Crippen MR) is 82.6 cm³/mol. The van der Waals surface area contributed by atoms with Crippen molar-refractivity contribution in [1.29, 1.82) is 0 Å². The van der Waals surface area contributed by atoms with Crippen LogP contribution >= 0.6 is 11.8 Å². The number of carbonyl (C=O) groups is 1. The average molecular weight is 295 g/mol. The van der Waals surface area contributed by atoms with Crippen molar-refractivity contribution in [3.63, 3.8) is 0 Å². The number of phenols is 1. The van der Waals surface area contributed by atoms with Crippen molar-refractivity contribution in [2.75, 3.05) is 11.9 Å². The maximum atomic E-state index is 11.1. The molecule has 1 aliphatic rings. The minimum absolute atomic E-state index is 0.0231. The number of hydrogen-bond donors (Lipinski definition) is 2. The zero-order valence-electron chi connectivity index (χ0n) is 12.3. The highest BCUT2D eigenvalue weighted by atomic mass is 32.2. The van der Waals surface area contributed by atoms with Crippen molar-refractivity contribution in [1.82, 2.24) is 0 Å². The monoisotopic (exact) mass is 295 g/mol. The number of carboxylic acids is 1. The zero-order valence-corrected chi connectivity index (χ0v) is 13.1. The van der Waals surface area contributed by atoms with E-state index in [0.29, 0.717) is 0 Å². The molecule has 0 saturated carbocycles. The van der Waals surface area contributed by atoms with Gasteiger partial charge >= 0.3 is 5.97 Å². The van der Waals surface area contributed by atoms with Gasteiger partial charge in [-0.1, -0.05) is 20.8 Å². The minimum atomic E-state index is -0.793. The number of hydrogen-bond acceptors (Lipinski definition) is 4. The Morgan fingerprint density at radius 2 is 2.05 bits per heavy atom. The fourth-order valence-corrected chi connectivity index (χ4v) is 4.14. The van der Waals surface area contributed by atoms with Crippen LogP contribution in [0.25, 0.3) is 0 Å². The first kappa shape index (κ1) is 15.0. The number of likely N-dealkylation sites (N-methyl/N-ethyl adjacent to an activating group) is 1. The fraction of sp³-hybridized carbons (Fsp3) is 0.533. The van der Waals surface area contributed by atoms with Crippen LogP contribution in [0.4, 0.5) is 5.69 Å².